The largest absolute Gasteiger partial charge is 0.480 e. The van der Waals surface area contributed by atoms with Crippen LogP contribution in [0.25, 0.3) is 0 Å². The number of carboxylic acid groups (broad SMARTS) is 1. The number of nitrogens with two attached hydrogens (primary N) is 3. The van der Waals surface area contributed by atoms with E-state index in [1.54, 1.807) is 13.8 Å². The summed E-state index contributed by atoms with van der Waals surface area (Å²) in [4.78, 5) is 60.6. The van der Waals surface area contributed by atoms with E-state index in [4.69, 9.17) is 17.2 Å². The third-order valence-corrected chi connectivity index (χ3v) is 4.91. The van der Waals surface area contributed by atoms with Crippen LogP contribution in [0.3, 0.4) is 0 Å². The van der Waals surface area contributed by atoms with Crippen LogP contribution in [0.2, 0.25) is 0 Å². The highest BCUT2D eigenvalue weighted by Gasteiger charge is 2.31. The van der Waals surface area contributed by atoms with Gasteiger partial charge in [0.2, 0.25) is 23.6 Å². The Morgan fingerprint density at radius 2 is 1.39 bits per heavy atom. The first-order chi connectivity index (χ1) is 15.3. The average Bonchev–Trinajstić information content (AvgIpc) is 2.68. The number of carbonyl (C=O) groups excluding carboxylic acids is 4. The highest BCUT2D eigenvalue weighted by molar-refractivity contribution is 5.95. The topological polar surface area (TPSA) is 220 Å². The molecule has 33 heavy (non-hydrogen) atoms. The summed E-state index contributed by atoms with van der Waals surface area (Å²) in [6, 6.07) is -4.36. The van der Waals surface area contributed by atoms with E-state index in [9.17, 15) is 29.1 Å². The lowest BCUT2D eigenvalue weighted by molar-refractivity contribution is -0.143. The van der Waals surface area contributed by atoms with Crippen molar-refractivity contribution < 1.29 is 29.1 Å². The number of amides is 4. The van der Waals surface area contributed by atoms with Crippen LogP contribution in [0, 0.1) is 11.8 Å². The summed E-state index contributed by atoms with van der Waals surface area (Å²) >= 11 is 0. The second kappa shape index (κ2) is 15.2. The van der Waals surface area contributed by atoms with E-state index < -0.39 is 53.8 Å². The number of carbonyl (C=O) groups is 5. The first kappa shape index (κ1) is 30.3. The Bertz CT molecular complexity index is 684. The summed E-state index contributed by atoms with van der Waals surface area (Å²) in [5, 5.41) is 17.0. The highest BCUT2D eigenvalue weighted by Crippen LogP contribution is 2.10. The summed E-state index contributed by atoms with van der Waals surface area (Å²) in [6.07, 6.45) is 1.24. The van der Waals surface area contributed by atoms with Gasteiger partial charge < -0.3 is 38.3 Å². The van der Waals surface area contributed by atoms with Crippen molar-refractivity contribution in [1.29, 1.82) is 0 Å². The van der Waals surface area contributed by atoms with Crippen molar-refractivity contribution in [2.45, 2.75) is 84.0 Å². The lowest BCUT2D eigenvalue weighted by Crippen LogP contribution is -2.58. The predicted octanol–water partition coefficient (Wildman–Crippen LogP) is -1.44. The van der Waals surface area contributed by atoms with E-state index in [0.29, 0.717) is 19.4 Å². The third-order valence-electron chi connectivity index (χ3n) is 4.91. The molecule has 0 saturated heterocycles. The highest BCUT2D eigenvalue weighted by atomic mass is 16.4. The van der Waals surface area contributed by atoms with Gasteiger partial charge in [-0.25, -0.2) is 4.79 Å². The van der Waals surface area contributed by atoms with Crippen LogP contribution in [0.15, 0.2) is 0 Å². The molecule has 0 heterocycles. The fourth-order valence-corrected chi connectivity index (χ4v) is 3.09. The van der Waals surface area contributed by atoms with Crippen LogP contribution in [0.4, 0.5) is 0 Å². The van der Waals surface area contributed by atoms with Crippen LogP contribution in [0.5, 0.6) is 0 Å². The molecule has 0 saturated carbocycles. The van der Waals surface area contributed by atoms with E-state index >= 15 is 0 Å². The monoisotopic (exact) mass is 472 g/mol. The lowest BCUT2D eigenvalue weighted by Gasteiger charge is -2.27. The number of carboxylic acids is 1. The Hall–Kier alpha value is -2.73. The number of aliphatic carboxylic acids is 1. The van der Waals surface area contributed by atoms with Gasteiger partial charge in [0.1, 0.15) is 18.1 Å². The molecule has 0 aromatic rings. The van der Waals surface area contributed by atoms with Gasteiger partial charge in [-0.05, 0) is 44.1 Å². The van der Waals surface area contributed by atoms with Crippen LogP contribution < -0.4 is 33.2 Å². The van der Waals surface area contributed by atoms with Crippen molar-refractivity contribution in [3.05, 3.63) is 0 Å². The van der Waals surface area contributed by atoms with Crippen molar-refractivity contribution in [3.8, 4) is 0 Å². The second-order valence-electron chi connectivity index (χ2n) is 8.88. The number of nitrogens with one attached hydrogen (secondary N) is 3. The van der Waals surface area contributed by atoms with E-state index in [1.807, 2.05) is 13.8 Å². The quantitative estimate of drug-likeness (QED) is 0.131. The van der Waals surface area contributed by atoms with Crippen molar-refractivity contribution >= 4 is 29.6 Å². The van der Waals surface area contributed by atoms with E-state index in [1.165, 1.54) is 0 Å². The van der Waals surface area contributed by atoms with Gasteiger partial charge in [-0.2, -0.15) is 0 Å². The molecule has 10 N–H and O–H groups in total. The number of hydrogen-bond donors (Lipinski definition) is 7. The minimum absolute atomic E-state index is 0.0117. The van der Waals surface area contributed by atoms with E-state index in [2.05, 4.69) is 16.0 Å². The molecule has 0 aromatic heterocycles. The van der Waals surface area contributed by atoms with Crippen molar-refractivity contribution in [2.24, 2.45) is 29.0 Å². The average molecular weight is 473 g/mol. The third kappa shape index (κ3) is 12.2. The molecule has 0 aliphatic rings. The minimum atomic E-state index is -1.22. The molecule has 0 rings (SSSR count). The Balaban J connectivity index is 5.51. The molecule has 4 atom stereocenters. The van der Waals surface area contributed by atoms with Gasteiger partial charge in [-0.3, -0.25) is 19.2 Å². The SMILES string of the molecule is CC(C)CC(NC(=O)C(CCCCN)NC(=O)C(N)CC(N)=O)C(=O)NC(C(=O)O)C(C)C. The first-order valence-electron chi connectivity index (χ1n) is 11.2. The molecule has 12 nitrogen and oxygen atoms in total. The van der Waals surface area contributed by atoms with Gasteiger partial charge in [0.05, 0.1) is 12.5 Å². The Kier molecular flexibility index (Phi) is 13.9. The van der Waals surface area contributed by atoms with Gasteiger partial charge in [0, 0.05) is 0 Å². The number of primary amides is 1. The molecule has 0 spiro atoms. The van der Waals surface area contributed by atoms with Crippen LogP contribution in [-0.4, -0.2) is 65.4 Å². The fraction of sp³-hybridized carbons (Fsp3) is 0.762. The molecule has 12 heteroatoms. The second-order valence-corrected chi connectivity index (χ2v) is 8.88. The molecule has 0 bridgehead atoms. The van der Waals surface area contributed by atoms with Gasteiger partial charge in [0.25, 0.3) is 0 Å². The predicted molar refractivity (Wildman–Crippen MR) is 122 cm³/mol. The van der Waals surface area contributed by atoms with Crippen molar-refractivity contribution in [3.63, 3.8) is 0 Å². The molecule has 0 aliphatic carbocycles. The number of rotatable bonds is 16. The number of unbranched alkanes of at least 4 members (excludes halogenated alkanes) is 1. The summed E-state index contributed by atoms with van der Waals surface area (Å²) in [7, 11) is 0. The fourth-order valence-electron chi connectivity index (χ4n) is 3.09. The zero-order valence-corrected chi connectivity index (χ0v) is 19.9. The van der Waals surface area contributed by atoms with Gasteiger partial charge >= 0.3 is 5.97 Å². The maximum absolute atomic E-state index is 13.0. The zero-order chi connectivity index (χ0) is 25.7. The maximum Gasteiger partial charge on any atom is 0.326 e. The molecule has 4 amide bonds. The summed E-state index contributed by atoms with van der Waals surface area (Å²) in [6.45, 7) is 7.42. The number of hydrogen-bond acceptors (Lipinski definition) is 7. The Morgan fingerprint density at radius 1 is 0.848 bits per heavy atom. The normalized spacial score (nSPS) is 14.8. The zero-order valence-electron chi connectivity index (χ0n) is 19.9. The lowest BCUT2D eigenvalue weighted by atomic mass is 9.99. The van der Waals surface area contributed by atoms with E-state index in [0.717, 1.165) is 0 Å². The van der Waals surface area contributed by atoms with Gasteiger partial charge in [-0.15, -0.1) is 0 Å². The van der Waals surface area contributed by atoms with E-state index in [-0.39, 0.29) is 31.1 Å². The minimum Gasteiger partial charge on any atom is -0.480 e. The smallest absolute Gasteiger partial charge is 0.326 e. The molecule has 190 valence electrons. The first-order valence-corrected chi connectivity index (χ1v) is 11.2. The molecule has 0 fully saturated rings. The Morgan fingerprint density at radius 3 is 1.85 bits per heavy atom. The summed E-state index contributed by atoms with van der Waals surface area (Å²) in [5.74, 6) is -4.26. The molecular weight excluding hydrogens is 432 g/mol. The standard InChI is InChI=1S/C21H40N6O6/c1-11(2)9-15(20(31)27-17(12(3)4)21(32)33)26-19(30)14(7-5-6-8-22)25-18(29)13(23)10-16(24)28/h11-15,17H,5-10,22-23H2,1-4H3,(H2,24,28)(H,25,29)(H,26,30)(H,27,31)(H,32,33). The van der Waals surface area contributed by atoms with Crippen LogP contribution in [0.1, 0.15) is 59.8 Å². The molecule has 0 aromatic carbocycles. The molecule has 4 unspecified atom stereocenters. The maximum atomic E-state index is 13.0. The summed E-state index contributed by atoms with van der Waals surface area (Å²) < 4.78 is 0. The molecule has 0 aliphatic heterocycles. The van der Waals surface area contributed by atoms with Gasteiger partial charge in [-0.1, -0.05) is 27.7 Å². The summed E-state index contributed by atoms with van der Waals surface area (Å²) in [5.41, 5.74) is 16.2. The Labute approximate surface area is 194 Å². The molecule has 0 radical (unpaired) electrons. The van der Waals surface area contributed by atoms with Crippen LogP contribution in [-0.2, 0) is 24.0 Å². The van der Waals surface area contributed by atoms with Crippen LogP contribution >= 0.6 is 0 Å². The molecular formula is C21H40N6O6. The van der Waals surface area contributed by atoms with Crippen molar-refractivity contribution in [2.75, 3.05) is 6.54 Å². The van der Waals surface area contributed by atoms with Gasteiger partial charge in [0.15, 0.2) is 0 Å². The van der Waals surface area contributed by atoms with Crippen molar-refractivity contribution in [1.82, 2.24) is 16.0 Å².